The van der Waals surface area contributed by atoms with E-state index >= 15 is 4.39 Å². The van der Waals surface area contributed by atoms with Crippen molar-refractivity contribution < 1.29 is 47.3 Å². The molecule has 0 N–H and O–H groups in total. The lowest BCUT2D eigenvalue weighted by atomic mass is 10.1. The number of esters is 4. The van der Waals surface area contributed by atoms with Crippen molar-refractivity contribution in [2.75, 3.05) is 6.61 Å². The fourth-order valence-corrected chi connectivity index (χ4v) is 3.87. The molecular weight excluding hydrogens is 619 g/mol. The number of benzene rings is 3. The Balaban J connectivity index is 1.89. The third-order valence-corrected chi connectivity index (χ3v) is 6.15. The van der Waals surface area contributed by atoms with Gasteiger partial charge in [0.25, 0.3) is 0 Å². The maximum atomic E-state index is 16.0. The van der Waals surface area contributed by atoms with Crippen molar-refractivity contribution in [3.8, 4) is 29.1 Å². The van der Waals surface area contributed by atoms with Crippen LogP contribution in [0.4, 0.5) is 4.39 Å². The van der Waals surface area contributed by atoms with Crippen LogP contribution in [0.1, 0.15) is 34.2 Å². The first-order valence-corrected chi connectivity index (χ1v) is 14.3. The summed E-state index contributed by atoms with van der Waals surface area (Å²) in [4.78, 5) is 46.9. The highest BCUT2D eigenvalue weighted by molar-refractivity contribution is 5.86. The number of ether oxygens (including phenoxy) is 5. The summed E-state index contributed by atoms with van der Waals surface area (Å²) in [6.45, 7) is 13.7. The van der Waals surface area contributed by atoms with Gasteiger partial charge in [-0.1, -0.05) is 62.4 Å². The van der Waals surface area contributed by atoms with E-state index < -0.39 is 35.4 Å². The Labute approximate surface area is 277 Å². The molecule has 9 nitrogen and oxygen atoms in total. The van der Waals surface area contributed by atoms with Gasteiger partial charge < -0.3 is 23.7 Å². The zero-order valence-corrected chi connectivity index (χ0v) is 25.9. The molecule has 0 aliphatic heterocycles. The molecule has 244 valence electrons. The van der Waals surface area contributed by atoms with Crippen molar-refractivity contribution in [2.24, 2.45) is 0 Å². The first-order valence-electron chi connectivity index (χ1n) is 14.3. The van der Waals surface area contributed by atoms with E-state index in [0.717, 1.165) is 36.1 Å². The maximum absolute atomic E-state index is 16.0. The molecule has 0 bridgehead atoms. The topological polar surface area (TPSA) is 114 Å². The Bertz CT molecular complexity index is 1810. The Morgan fingerprint density at radius 3 is 2.10 bits per heavy atom. The van der Waals surface area contributed by atoms with Crippen LogP contribution in [0, 0.1) is 17.7 Å². The Morgan fingerprint density at radius 2 is 1.42 bits per heavy atom. The van der Waals surface area contributed by atoms with Gasteiger partial charge in [0.2, 0.25) is 0 Å². The predicted octanol–water partition coefficient (Wildman–Crippen LogP) is 6.35. The molecule has 0 unspecified atom stereocenters. The highest BCUT2D eigenvalue weighted by Gasteiger charge is 2.22. The molecule has 0 saturated carbocycles. The van der Waals surface area contributed by atoms with E-state index in [1.165, 1.54) is 12.1 Å². The van der Waals surface area contributed by atoms with Crippen molar-refractivity contribution in [3.05, 3.63) is 145 Å². The molecule has 0 aliphatic carbocycles. The molecule has 3 aromatic carbocycles. The third kappa shape index (κ3) is 11.2. The van der Waals surface area contributed by atoms with Gasteiger partial charge in [-0.05, 0) is 54.3 Å². The molecular formula is C38H31FO9. The molecule has 0 atom stereocenters. The van der Waals surface area contributed by atoms with E-state index in [-0.39, 0.29) is 35.8 Å². The first kappa shape index (κ1) is 36.0. The largest absolute Gasteiger partial charge is 0.496 e. The highest BCUT2D eigenvalue weighted by atomic mass is 19.1. The predicted molar refractivity (Wildman–Crippen MR) is 176 cm³/mol. The second-order valence-electron chi connectivity index (χ2n) is 9.54. The third-order valence-electron chi connectivity index (χ3n) is 6.15. The zero-order chi connectivity index (χ0) is 34.9. The van der Waals surface area contributed by atoms with Crippen molar-refractivity contribution in [1.82, 2.24) is 0 Å². The van der Waals surface area contributed by atoms with Gasteiger partial charge in [0, 0.05) is 35.9 Å². The maximum Gasteiger partial charge on any atom is 0.335 e. The summed E-state index contributed by atoms with van der Waals surface area (Å²) in [6.07, 6.45) is 7.49. The summed E-state index contributed by atoms with van der Waals surface area (Å²) in [5.41, 5.74) is 1.79. The Hall–Kier alpha value is -6.47. The quantitative estimate of drug-likeness (QED) is 0.0464. The molecule has 0 aliphatic rings. The lowest BCUT2D eigenvalue weighted by Gasteiger charge is -2.13. The van der Waals surface area contributed by atoms with Gasteiger partial charge in [0.1, 0.15) is 18.1 Å². The lowest BCUT2D eigenvalue weighted by Crippen LogP contribution is -2.10. The number of aryl methyl sites for hydroxylation is 1. The molecule has 3 rings (SSSR count). The minimum atomic E-state index is -1.06. The first-order chi connectivity index (χ1) is 23.2. The van der Waals surface area contributed by atoms with Gasteiger partial charge in [0.05, 0.1) is 24.0 Å². The molecule has 0 aromatic heterocycles. The SMILES string of the molecule is C=CC(=O)OCCCc1ccc(C#Cc2cc(OC(=O)C=C)c(C=COCc3cccc(OC(=O)C=C)c3)c(F)c2OC(=O)C=C)cc1. The van der Waals surface area contributed by atoms with Crippen molar-refractivity contribution in [2.45, 2.75) is 19.4 Å². The van der Waals surface area contributed by atoms with E-state index in [0.29, 0.717) is 24.0 Å². The molecule has 48 heavy (non-hydrogen) atoms. The fourth-order valence-electron chi connectivity index (χ4n) is 3.87. The molecule has 0 fully saturated rings. The molecule has 3 aromatic rings. The van der Waals surface area contributed by atoms with E-state index in [1.54, 1.807) is 36.4 Å². The molecule has 0 saturated heterocycles. The normalized spacial score (nSPS) is 10.1. The van der Waals surface area contributed by atoms with Crippen LogP contribution in [0.15, 0.2) is 111 Å². The minimum absolute atomic E-state index is 0.00278. The van der Waals surface area contributed by atoms with Crippen molar-refractivity contribution in [1.29, 1.82) is 0 Å². The summed E-state index contributed by atoms with van der Waals surface area (Å²) in [5.74, 6) is 1.19. The number of halogens is 1. The summed E-state index contributed by atoms with van der Waals surface area (Å²) in [6, 6.07) is 14.9. The number of carbonyl (C=O) groups is 4. The van der Waals surface area contributed by atoms with Gasteiger partial charge >= 0.3 is 23.9 Å². The second-order valence-corrected chi connectivity index (χ2v) is 9.54. The Kier molecular flexibility index (Phi) is 13.9. The van der Waals surface area contributed by atoms with E-state index in [2.05, 4.69) is 38.2 Å². The van der Waals surface area contributed by atoms with Gasteiger partial charge in [-0.2, -0.15) is 0 Å². The number of hydrogen-bond acceptors (Lipinski definition) is 9. The summed E-state index contributed by atoms with van der Waals surface area (Å²) >= 11 is 0. The van der Waals surface area contributed by atoms with Crippen LogP contribution in [0.25, 0.3) is 6.08 Å². The second kappa shape index (κ2) is 18.5. The lowest BCUT2D eigenvalue weighted by molar-refractivity contribution is -0.138. The number of carbonyl (C=O) groups excluding carboxylic acids is 4. The van der Waals surface area contributed by atoms with Crippen LogP contribution < -0.4 is 14.2 Å². The fraction of sp³-hybridized carbons (Fsp3) is 0.105. The summed E-state index contributed by atoms with van der Waals surface area (Å²) in [5, 5.41) is 0. The smallest absolute Gasteiger partial charge is 0.335 e. The van der Waals surface area contributed by atoms with Crippen LogP contribution >= 0.6 is 0 Å². The molecule has 10 heteroatoms. The van der Waals surface area contributed by atoms with Crippen molar-refractivity contribution in [3.63, 3.8) is 0 Å². The van der Waals surface area contributed by atoms with E-state index in [1.807, 2.05) is 12.1 Å². The number of rotatable bonds is 15. The van der Waals surface area contributed by atoms with Crippen LogP contribution in [0.3, 0.4) is 0 Å². The zero-order valence-electron chi connectivity index (χ0n) is 25.9. The molecule has 0 amide bonds. The molecule has 0 radical (unpaired) electrons. The van der Waals surface area contributed by atoms with Crippen LogP contribution in [0.5, 0.6) is 17.2 Å². The van der Waals surface area contributed by atoms with Crippen molar-refractivity contribution >= 4 is 30.0 Å². The Morgan fingerprint density at radius 1 is 0.750 bits per heavy atom. The number of hydrogen-bond donors (Lipinski definition) is 0. The average Bonchev–Trinajstić information content (AvgIpc) is 3.10. The van der Waals surface area contributed by atoms with E-state index in [4.69, 9.17) is 23.7 Å². The average molecular weight is 651 g/mol. The van der Waals surface area contributed by atoms with E-state index in [9.17, 15) is 19.2 Å². The standard InChI is InChI=1S/C38H31FO9/c1-5-33(40)45-21-10-12-26-14-16-27(17-15-26)18-19-29-24-32(47-35(42)7-3)31(37(39)38(29)48-36(43)8-4)20-22-44-25-28-11-9-13-30(23-28)46-34(41)6-2/h5-9,11,13-17,20,22-24H,1-4,10,12,21,25H2. The van der Waals surface area contributed by atoms with Gasteiger partial charge in [-0.3, -0.25) is 0 Å². The molecule has 0 heterocycles. The van der Waals surface area contributed by atoms with Gasteiger partial charge in [0.15, 0.2) is 11.6 Å². The van der Waals surface area contributed by atoms with Gasteiger partial charge in [-0.25, -0.2) is 23.6 Å². The van der Waals surface area contributed by atoms with Crippen LogP contribution in [-0.4, -0.2) is 30.5 Å². The van der Waals surface area contributed by atoms with Crippen LogP contribution in [0.2, 0.25) is 0 Å². The highest BCUT2D eigenvalue weighted by Crippen LogP contribution is 2.35. The summed E-state index contributed by atoms with van der Waals surface area (Å²) < 4.78 is 42.1. The summed E-state index contributed by atoms with van der Waals surface area (Å²) in [7, 11) is 0. The van der Waals surface area contributed by atoms with Crippen LogP contribution in [-0.2, 0) is 41.7 Å². The monoisotopic (exact) mass is 650 g/mol. The minimum Gasteiger partial charge on any atom is -0.496 e. The molecule has 0 spiro atoms. The van der Waals surface area contributed by atoms with Gasteiger partial charge in [-0.15, -0.1) is 0 Å².